The van der Waals surface area contributed by atoms with Crippen LogP contribution in [-0.4, -0.2) is 12.9 Å². The van der Waals surface area contributed by atoms with Crippen molar-refractivity contribution in [3.8, 4) is 0 Å². The molecule has 14 heavy (non-hydrogen) atoms. The Labute approximate surface area is 84.6 Å². The van der Waals surface area contributed by atoms with Gasteiger partial charge in [-0.25, -0.2) is 0 Å². The van der Waals surface area contributed by atoms with E-state index < -0.39 is 0 Å². The molecule has 1 aliphatic heterocycles. The lowest BCUT2D eigenvalue weighted by molar-refractivity contribution is 0.102. The molecular weight excluding hydrogens is 176 g/mol. The summed E-state index contributed by atoms with van der Waals surface area (Å²) in [6.45, 7) is 0.788. The molecule has 2 aliphatic carbocycles. The number of epoxide rings is 1. The molecule has 0 spiro atoms. The third-order valence-electron chi connectivity index (χ3n) is 3.17. The summed E-state index contributed by atoms with van der Waals surface area (Å²) in [6, 6.07) is 0. The fourth-order valence-electron chi connectivity index (χ4n) is 2.40. The van der Waals surface area contributed by atoms with Crippen molar-refractivity contribution in [2.24, 2.45) is 0 Å². The minimum Gasteiger partial charge on any atom is -0.466 e. The van der Waals surface area contributed by atoms with Gasteiger partial charge < -0.3 is 9.47 Å². The Balaban J connectivity index is 1.78. The van der Waals surface area contributed by atoms with Crippen LogP contribution in [0.25, 0.3) is 0 Å². The van der Waals surface area contributed by atoms with Crippen LogP contribution in [0.2, 0.25) is 0 Å². The Morgan fingerprint density at radius 2 is 2.14 bits per heavy atom. The zero-order chi connectivity index (χ0) is 9.38. The quantitative estimate of drug-likeness (QED) is 0.641. The third kappa shape index (κ3) is 1.59. The van der Waals surface area contributed by atoms with E-state index in [2.05, 4.69) is 6.08 Å². The maximum Gasteiger partial charge on any atom is 0.223 e. The molecule has 1 unspecified atom stereocenters. The van der Waals surface area contributed by atoms with Gasteiger partial charge in [0.25, 0.3) is 0 Å². The van der Waals surface area contributed by atoms with Gasteiger partial charge in [0, 0.05) is 6.42 Å². The summed E-state index contributed by atoms with van der Waals surface area (Å²) in [7, 11) is 0. The Kier molecular flexibility index (Phi) is 2.09. The molecule has 0 aromatic carbocycles. The smallest absolute Gasteiger partial charge is 0.223 e. The molecule has 0 radical (unpaired) electrons. The van der Waals surface area contributed by atoms with E-state index in [-0.39, 0.29) is 6.29 Å². The summed E-state index contributed by atoms with van der Waals surface area (Å²) in [5, 5.41) is 0. The molecular formula is C12H16O2. The second-order valence-corrected chi connectivity index (χ2v) is 4.26. The Morgan fingerprint density at radius 1 is 1.21 bits per heavy atom. The average molecular weight is 192 g/mol. The predicted molar refractivity (Wildman–Crippen MR) is 53.6 cm³/mol. The van der Waals surface area contributed by atoms with E-state index in [1.165, 1.54) is 43.4 Å². The summed E-state index contributed by atoms with van der Waals surface area (Å²) in [5.41, 5.74) is 3.05. The number of hydrogen-bond donors (Lipinski definition) is 0. The van der Waals surface area contributed by atoms with Crippen molar-refractivity contribution in [3.63, 3.8) is 0 Å². The van der Waals surface area contributed by atoms with E-state index in [0.717, 1.165) is 13.0 Å². The first-order valence-corrected chi connectivity index (χ1v) is 5.63. The van der Waals surface area contributed by atoms with E-state index in [0.29, 0.717) is 0 Å². The highest BCUT2D eigenvalue weighted by Crippen LogP contribution is 2.38. The Morgan fingerprint density at radius 3 is 2.86 bits per heavy atom. The second kappa shape index (κ2) is 3.43. The van der Waals surface area contributed by atoms with Crippen LogP contribution >= 0.6 is 0 Å². The molecule has 1 fully saturated rings. The van der Waals surface area contributed by atoms with Crippen LogP contribution < -0.4 is 0 Å². The van der Waals surface area contributed by atoms with Crippen LogP contribution in [-0.2, 0) is 9.47 Å². The van der Waals surface area contributed by atoms with Crippen LogP contribution in [0.5, 0.6) is 0 Å². The van der Waals surface area contributed by atoms with Crippen molar-refractivity contribution in [1.29, 1.82) is 0 Å². The average Bonchev–Trinajstić information content (AvgIpc) is 2.68. The molecule has 0 aromatic heterocycles. The lowest BCUT2D eigenvalue weighted by Crippen LogP contribution is -1.96. The van der Waals surface area contributed by atoms with E-state index in [1.54, 1.807) is 5.57 Å². The SMILES string of the molecule is C1=C(C2=C(OC3CO3)CCC2)CCC1. The first-order valence-electron chi connectivity index (χ1n) is 5.63. The van der Waals surface area contributed by atoms with Gasteiger partial charge in [-0.3, -0.25) is 0 Å². The zero-order valence-corrected chi connectivity index (χ0v) is 8.42. The molecule has 0 amide bonds. The standard InChI is InChI=1S/C12H16O2/c1-2-5-9(4-1)10-6-3-7-11(10)14-12-8-13-12/h4,12H,1-3,5-8H2. The summed E-state index contributed by atoms with van der Waals surface area (Å²) in [5.74, 6) is 1.22. The molecule has 2 nitrogen and oxygen atoms in total. The topological polar surface area (TPSA) is 21.8 Å². The molecule has 0 bridgehead atoms. The monoisotopic (exact) mass is 192 g/mol. The van der Waals surface area contributed by atoms with Gasteiger partial charge in [0.1, 0.15) is 12.4 Å². The molecule has 0 N–H and O–H groups in total. The lowest BCUT2D eigenvalue weighted by Gasteiger charge is -2.08. The number of allylic oxidation sites excluding steroid dienone is 4. The molecule has 76 valence electrons. The van der Waals surface area contributed by atoms with Gasteiger partial charge >= 0.3 is 0 Å². The molecule has 0 aromatic rings. The van der Waals surface area contributed by atoms with Gasteiger partial charge in [-0.05, 0) is 43.3 Å². The van der Waals surface area contributed by atoms with Crippen molar-refractivity contribution in [3.05, 3.63) is 23.0 Å². The van der Waals surface area contributed by atoms with Crippen LogP contribution in [0, 0.1) is 0 Å². The summed E-state index contributed by atoms with van der Waals surface area (Å²) < 4.78 is 10.9. The molecule has 3 aliphatic rings. The molecule has 1 atom stereocenters. The van der Waals surface area contributed by atoms with Crippen LogP contribution in [0.1, 0.15) is 38.5 Å². The number of ether oxygens (including phenoxy) is 2. The number of hydrogen-bond acceptors (Lipinski definition) is 2. The fraction of sp³-hybridized carbons (Fsp3) is 0.667. The van der Waals surface area contributed by atoms with Gasteiger partial charge in [-0.15, -0.1) is 0 Å². The molecule has 3 rings (SSSR count). The highest BCUT2D eigenvalue weighted by atomic mass is 16.8. The van der Waals surface area contributed by atoms with Gasteiger partial charge in [0.2, 0.25) is 6.29 Å². The van der Waals surface area contributed by atoms with Gasteiger partial charge in [0.15, 0.2) is 0 Å². The van der Waals surface area contributed by atoms with Gasteiger partial charge in [-0.2, -0.15) is 0 Å². The first-order chi connectivity index (χ1) is 6.93. The third-order valence-corrected chi connectivity index (χ3v) is 3.17. The van der Waals surface area contributed by atoms with Crippen molar-refractivity contribution in [2.75, 3.05) is 6.61 Å². The van der Waals surface area contributed by atoms with Gasteiger partial charge in [0.05, 0.1) is 0 Å². The minimum absolute atomic E-state index is 0.0834. The maximum absolute atomic E-state index is 5.76. The first kappa shape index (κ1) is 8.54. The van der Waals surface area contributed by atoms with Crippen LogP contribution in [0.4, 0.5) is 0 Å². The highest BCUT2D eigenvalue weighted by Gasteiger charge is 2.29. The van der Waals surface area contributed by atoms with Crippen molar-refractivity contribution >= 4 is 0 Å². The predicted octanol–water partition coefficient (Wildman–Crippen LogP) is 2.91. The number of rotatable bonds is 3. The summed E-state index contributed by atoms with van der Waals surface area (Å²) in [4.78, 5) is 0. The Hall–Kier alpha value is -0.760. The van der Waals surface area contributed by atoms with E-state index in [9.17, 15) is 0 Å². The van der Waals surface area contributed by atoms with Crippen LogP contribution in [0.3, 0.4) is 0 Å². The maximum atomic E-state index is 5.76. The highest BCUT2D eigenvalue weighted by molar-refractivity contribution is 5.37. The normalized spacial score (nSPS) is 30.9. The second-order valence-electron chi connectivity index (χ2n) is 4.26. The zero-order valence-electron chi connectivity index (χ0n) is 8.42. The summed E-state index contributed by atoms with van der Waals surface area (Å²) in [6.07, 6.45) is 9.90. The van der Waals surface area contributed by atoms with E-state index in [4.69, 9.17) is 9.47 Å². The van der Waals surface area contributed by atoms with E-state index >= 15 is 0 Å². The molecule has 1 heterocycles. The molecule has 1 saturated heterocycles. The minimum atomic E-state index is 0.0834. The van der Waals surface area contributed by atoms with Crippen LogP contribution in [0.15, 0.2) is 23.0 Å². The fourth-order valence-corrected chi connectivity index (χ4v) is 2.40. The molecule has 0 saturated carbocycles. The summed E-state index contributed by atoms with van der Waals surface area (Å²) >= 11 is 0. The molecule has 2 heteroatoms. The van der Waals surface area contributed by atoms with Crippen molar-refractivity contribution in [1.82, 2.24) is 0 Å². The lowest BCUT2D eigenvalue weighted by atomic mass is 10.1. The van der Waals surface area contributed by atoms with Gasteiger partial charge in [-0.1, -0.05) is 6.08 Å². The van der Waals surface area contributed by atoms with E-state index in [1.807, 2.05) is 0 Å². The largest absolute Gasteiger partial charge is 0.466 e. The Bertz CT molecular complexity index is 297. The van der Waals surface area contributed by atoms with Crippen molar-refractivity contribution < 1.29 is 9.47 Å². The van der Waals surface area contributed by atoms with Crippen molar-refractivity contribution in [2.45, 2.75) is 44.8 Å².